The summed E-state index contributed by atoms with van der Waals surface area (Å²) in [6, 6.07) is 0. The minimum Gasteiger partial charge on any atom is -0.387 e. The lowest BCUT2D eigenvalue weighted by atomic mass is 10.3. The second-order valence-corrected chi connectivity index (χ2v) is 7.48. The third-order valence-corrected chi connectivity index (χ3v) is 5.96. The molecule has 0 saturated carbocycles. The number of aliphatic hydroxyl groups is 2. The molecule has 0 aromatic rings. The van der Waals surface area contributed by atoms with Crippen LogP contribution in [0.1, 0.15) is 12.8 Å². The molecule has 0 saturated heterocycles. The molecular formula is C6H15NO9P2. The van der Waals surface area contributed by atoms with Crippen molar-refractivity contribution in [2.45, 2.75) is 17.9 Å². The highest BCUT2D eigenvalue weighted by Crippen LogP contribution is 2.69. The Labute approximate surface area is 102 Å². The quantitative estimate of drug-likeness (QED) is 0.204. The molecule has 12 heteroatoms. The van der Waals surface area contributed by atoms with Crippen LogP contribution in [0, 0.1) is 0 Å². The SMILES string of the molecule is O=C(CO)NCCCC(O)(P(=O)(O)O)P(=O)(O)O. The zero-order chi connectivity index (χ0) is 14.6. The van der Waals surface area contributed by atoms with Crippen LogP contribution in [0.3, 0.4) is 0 Å². The van der Waals surface area contributed by atoms with Crippen molar-refractivity contribution in [1.29, 1.82) is 0 Å². The Kier molecular flexibility index (Phi) is 6.12. The van der Waals surface area contributed by atoms with E-state index in [1.807, 2.05) is 0 Å². The first-order valence-corrected chi connectivity index (χ1v) is 7.89. The van der Waals surface area contributed by atoms with Crippen molar-refractivity contribution in [3.05, 3.63) is 0 Å². The molecule has 0 atom stereocenters. The molecule has 10 nitrogen and oxygen atoms in total. The van der Waals surface area contributed by atoms with E-state index in [0.29, 0.717) is 0 Å². The summed E-state index contributed by atoms with van der Waals surface area (Å²) in [5.74, 6) is -0.758. The van der Waals surface area contributed by atoms with Gasteiger partial charge in [-0.15, -0.1) is 0 Å². The number of carbonyl (C=O) groups excluding carboxylic acids is 1. The van der Waals surface area contributed by atoms with Crippen LogP contribution < -0.4 is 5.32 Å². The summed E-state index contributed by atoms with van der Waals surface area (Å²) in [5.41, 5.74) is 0. The second kappa shape index (κ2) is 6.23. The summed E-state index contributed by atoms with van der Waals surface area (Å²) in [5, 5.41) is 16.4. The largest absolute Gasteiger partial charge is 0.387 e. The molecule has 0 aliphatic carbocycles. The topological polar surface area (TPSA) is 185 Å². The monoisotopic (exact) mass is 307 g/mol. The van der Waals surface area contributed by atoms with Crippen molar-refractivity contribution in [3.63, 3.8) is 0 Å². The Balaban J connectivity index is 4.63. The summed E-state index contributed by atoms with van der Waals surface area (Å²) >= 11 is 0. The van der Waals surface area contributed by atoms with Crippen molar-refractivity contribution >= 4 is 21.1 Å². The molecule has 0 fully saturated rings. The average molecular weight is 307 g/mol. The zero-order valence-corrected chi connectivity index (χ0v) is 10.9. The summed E-state index contributed by atoms with van der Waals surface area (Å²) in [7, 11) is -10.9. The molecule has 0 aromatic carbocycles. The van der Waals surface area contributed by atoms with Crippen molar-refractivity contribution < 1.29 is 43.7 Å². The third-order valence-electron chi connectivity index (χ3n) is 2.09. The molecule has 0 aliphatic rings. The fraction of sp³-hybridized carbons (Fsp3) is 0.833. The molecule has 0 unspecified atom stereocenters. The van der Waals surface area contributed by atoms with Crippen LogP contribution in [0.5, 0.6) is 0 Å². The van der Waals surface area contributed by atoms with Gasteiger partial charge in [-0.05, 0) is 6.42 Å². The highest BCUT2D eigenvalue weighted by atomic mass is 31.2. The molecule has 1 amide bonds. The van der Waals surface area contributed by atoms with Gasteiger partial charge in [0.1, 0.15) is 6.61 Å². The van der Waals surface area contributed by atoms with Gasteiger partial charge in [-0.2, -0.15) is 0 Å². The summed E-state index contributed by atoms with van der Waals surface area (Å²) < 4.78 is 21.8. The number of carbonyl (C=O) groups is 1. The maximum absolute atomic E-state index is 10.9. The molecule has 108 valence electrons. The van der Waals surface area contributed by atoms with Crippen LogP contribution >= 0.6 is 15.2 Å². The first-order valence-electron chi connectivity index (χ1n) is 4.67. The van der Waals surface area contributed by atoms with Crippen LogP contribution in [0.25, 0.3) is 0 Å². The smallest absolute Gasteiger partial charge is 0.369 e. The number of amides is 1. The Morgan fingerprint density at radius 2 is 1.56 bits per heavy atom. The minimum absolute atomic E-state index is 0.207. The standard InChI is InChI=1S/C6H15NO9P2/c8-4-5(9)7-3-1-2-6(10,17(11,12)13)18(14,15)16/h8,10H,1-4H2,(H,7,9)(H2,11,12,13)(H2,14,15,16). The fourth-order valence-electron chi connectivity index (χ4n) is 1.07. The van der Waals surface area contributed by atoms with Gasteiger partial charge in [-0.1, -0.05) is 0 Å². The van der Waals surface area contributed by atoms with Crippen molar-refractivity contribution in [2.24, 2.45) is 0 Å². The molecule has 7 N–H and O–H groups in total. The van der Waals surface area contributed by atoms with E-state index in [-0.39, 0.29) is 13.0 Å². The molecule has 0 aromatic heterocycles. The van der Waals surface area contributed by atoms with Gasteiger partial charge in [0.15, 0.2) is 0 Å². The van der Waals surface area contributed by atoms with E-state index in [0.717, 1.165) is 0 Å². The summed E-state index contributed by atoms with van der Waals surface area (Å²) in [6.45, 7) is -0.997. The Bertz CT molecular complexity index is 363. The molecule has 0 heterocycles. The van der Waals surface area contributed by atoms with Gasteiger partial charge < -0.3 is 35.1 Å². The van der Waals surface area contributed by atoms with Gasteiger partial charge in [0, 0.05) is 13.0 Å². The van der Waals surface area contributed by atoms with Gasteiger partial charge in [0.2, 0.25) is 5.91 Å². The van der Waals surface area contributed by atoms with Gasteiger partial charge in [-0.3, -0.25) is 13.9 Å². The van der Waals surface area contributed by atoms with Gasteiger partial charge in [0.05, 0.1) is 0 Å². The molecular weight excluding hydrogens is 292 g/mol. The molecule has 18 heavy (non-hydrogen) atoms. The van der Waals surface area contributed by atoms with Crippen molar-refractivity contribution in [3.8, 4) is 0 Å². The van der Waals surface area contributed by atoms with E-state index in [1.165, 1.54) is 0 Å². The summed E-state index contributed by atoms with van der Waals surface area (Å²) in [6.07, 6.45) is -1.20. The number of aliphatic hydroxyl groups excluding tert-OH is 1. The van der Waals surface area contributed by atoms with E-state index >= 15 is 0 Å². The number of hydrogen-bond acceptors (Lipinski definition) is 5. The molecule has 0 radical (unpaired) electrons. The highest BCUT2D eigenvalue weighted by Gasteiger charge is 2.58. The lowest BCUT2D eigenvalue weighted by Gasteiger charge is -2.29. The maximum atomic E-state index is 10.9. The van der Waals surface area contributed by atoms with Gasteiger partial charge in [-0.25, -0.2) is 0 Å². The Hall–Kier alpha value is -0.310. The van der Waals surface area contributed by atoms with Crippen molar-refractivity contribution in [2.75, 3.05) is 13.2 Å². The first-order chi connectivity index (χ1) is 7.95. The normalized spacial score (nSPS) is 13.4. The van der Waals surface area contributed by atoms with E-state index < -0.39 is 39.2 Å². The lowest BCUT2D eigenvalue weighted by Crippen LogP contribution is -2.32. The number of rotatable bonds is 7. The van der Waals surface area contributed by atoms with Crippen LogP contribution in [-0.4, -0.2) is 53.9 Å². The predicted octanol–water partition coefficient (Wildman–Crippen LogP) is -2.12. The zero-order valence-electron chi connectivity index (χ0n) is 9.13. The number of nitrogens with one attached hydrogen (secondary N) is 1. The van der Waals surface area contributed by atoms with Gasteiger partial charge in [0.25, 0.3) is 5.08 Å². The third kappa shape index (κ3) is 4.42. The van der Waals surface area contributed by atoms with E-state index in [9.17, 15) is 19.0 Å². The molecule has 0 spiro atoms. The minimum atomic E-state index is -5.45. The number of hydrogen-bond donors (Lipinski definition) is 7. The lowest BCUT2D eigenvalue weighted by molar-refractivity contribution is -0.123. The van der Waals surface area contributed by atoms with E-state index in [1.54, 1.807) is 0 Å². The molecule has 0 rings (SSSR count). The molecule has 0 bridgehead atoms. The Morgan fingerprint density at radius 1 is 1.11 bits per heavy atom. The molecule has 0 aliphatic heterocycles. The van der Waals surface area contributed by atoms with Crippen LogP contribution in [-0.2, 0) is 13.9 Å². The summed E-state index contributed by atoms with van der Waals surface area (Å²) in [4.78, 5) is 45.7. The fourth-order valence-corrected chi connectivity index (χ4v) is 3.33. The first kappa shape index (κ1) is 17.7. The van der Waals surface area contributed by atoms with Crippen LogP contribution in [0.2, 0.25) is 0 Å². The Morgan fingerprint density at radius 3 is 1.89 bits per heavy atom. The highest BCUT2D eigenvalue weighted by molar-refractivity contribution is 7.72. The van der Waals surface area contributed by atoms with E-state index in [2.05, 4.69) is 5.32 Å². The van der Waals surface area contributed by atoms with Crippen molar-refractivity contribution in [1.82, 2.24) is 5.32 Å². The average Bonchev–Trinajstić information content (AvgIpc) is 2.20. The second-order valence-electron chi connectivity index (χ2n) is 3.47. The van der Waals surface area contributed by atoms with E-state index in [4.69, 9.17) is 24.7 Å². The predicted molar refractivity (Wildman–Crippen MR) is 58.4 cm³/mol. The van der Waals surface area contributed by atoms with Gasteiger partial charge >= 0.3 is 15.2 Å². The maximum Gasteiger partial charge on any atom is 0.369 e. The van der Waals surface area contributed by atoms with Crippen LogP contribution in [0.15, 0.2) is 0 Å². The van der Waals surface area contributed by atoms with Crippen LogP contribution in [0.4, 0.5) is 0 Å².